The van der Waals surface area contributed by atoms with Crippen LogP contribution in [-0.2, 0) is 0 Å². The third-order valence-corrected chi connectivity index (χ3v) is 4.24. The molecule has 0 spiro atoms. The molecule has 126 valence electrons. The van der Waals surface area contributed by atoms with Gasteiger partial charge in [-0.05, 0) is 57.7 Å². The van der Waals surface area contributed by atoms with E-state index >= 15 is 0 Å². The summed E-state index contributed by atoms with van der Waals surface area (Å²) in [4.78, 5) is 7.19. The number of nitrogens with one attached hydrogen (secondary N) is 2. The van der Waals surface area contributed by atoms with Crippen LogP contribution in [0.2, 0.25) is 0 Å². The van der Waals surface area contributed by atoms with E-state index in [0.717, 1.165) is 32.1 Å². The minimum Gasteiger partial charge on any atom is -0.357 e. The molecule has 1 aliphatic rings. The van der Waals surface area contributed by atoms with Crippen molar-refractivity contribution in [2.75, 3.05) is 51.3 Å². The van der Waals surface area contributed by atoms with Crippen LogP contribution < -0.4 is 10.6 Å². The lowest BCUT2D eigenvalue weighted by Crippen LogP contribution is -2.42. The van der Waals surface area contributed by atoms with Crippen molar-refractivity contribution in [1.29, 1.82) is 0 Å². The standard InChI is InChI=1S/C15H32N4S.HI/c1-3-16-15(17-9-5-8-14-20-2)18-10-13-19-11-6-4-7-12-19;/h3-14H2,1-2H3,(H2,16,17,18);1H. The molecule has 0 aromatic carbocycles. The van der Waals surface area contributed by atoms with Crippen LogP contribution in [0, 0.1) is 0 Å². The predicted molar refractivity (Wildman–Crippen MR) is 107 cm³/mol. The average Bonchev–Trinajstić information content (AvgIpc) is 2.48. The van der Waals surface area contributed by atoms with Gasteiger partial charge in [0.05, 0.1) is 0 Å². The largest absolute Gasteiger partial charge is 0.357 e. The minimum absolute atomic E-state index is 0. The molecule has 0 saturated carbocycles. The summed E-state index contributed by atoms with van der Waals surface area (Å²) in [6, 6.07) is 0. The van der Waals surface area contributed by atoms with Gasteiger partial charge in [0, 0.05) is 26.2 Å². The first-order valence-electron chi connectivity index (χ1n) is 8.10. The summed E-state index contributed by atoms with van der Waals surface area (Å²) in [5, 5.41) is 6.78. The number of piperidine rings is 1. The van der Waals surface area contributed by atoms with E-state index in [0.29, 0.717) is 0 Å². The summed E-state index contributed by atoms with van der Waals surface area (Å²) in [7, 11) is 0. The lowest BCUT2D eigenvalue weighted by molar-refractivity contribution is 0.232. The lowest BCUT2D eigenvalue weighted by Gasteiger charge is -2.26. The second-order valence-electron chi connectivity index (χ2n) is 5.29. The zero-order valence-electron chi connectivity index (χ0n) is 13.7. The Kier molecular flexibility index (Phi) is 15.4. The quantitative estimate of drug-likeness (QED) is 0.257. The summed E-state index contributed by atoms with van der Waals surface area (Å²) in [5.74, 6) is 2.22. The van der Waals surface area contributed by atoms with E-state index in [4.69, 9.17) is 0 Å². The van der Waals surface area contributed by atoms with Crippen LogP contribution in [-0.4, -0.2) is 62.1 Å². The topological polar surface area (TPSA) is 39.7 Å². The Morgan fingerprint density at radius 2 is 1.90 bits per heavy atom. The van der Waals surface area contributed by atoms with Gasteiger partial charge in [0.1, 0.15) is 0 Å². The molecule has 0 aliphatic carbocycles. The Morgan fingerprint density at radius 1 is 1.14 bits per heavy atom. The molecular formula is C15H33IN4S. The van der Waals surface area contributed by atoms with E-state index in [1.165, 1.54) is 50.9 Å². The zero-order chi connectivity index (χ0) is 14.5. The van der Waals surface area contributed by atoms with Crippen molar-refractivity contribution < 1.29 is 0 Å². The van der Waals surface area contributed by atoms with Crippen LogP contribution in [0.4, 0.5) is 0 Å². The Labute approximate surface area is 152 Å². The molecule has 1 saturated heterocycles. The summed E-state index contributed by atoms with van der Waals surface area (Å²) in [6.45, 7) is 8.65. The Morgan fingerprint density at radius 3 is 2.57 bits per heavy atom. The molecule has 0 radical (unpaired) electrons. The van der Waals surface area contributed by atoms with Gasteiger partial charge in [-0.25, -0.2) is 0 Å². The molecule has 1 rings (SSSR count). The third kappa shape index (κ3) is 11.5. The first-order chi connectivity index (χ1) is 9.86. The normalized spacial score (nSPS) is 16.4. The maximum Gasteiger partial charge on any atom is 0.191 e. The minimum atomic E-state index is 0. The van der Waals surface area contributed by atoms with E-state index in [-0.39, 0.29) is 24.0 Å². The van der Waals surface area contributed by atoms with Gasteiger partial charge in [0.25, 0.3) is 0 Å². The highest BCUT2D eigenvalue weighted by molar-refractivity contribution is 14.0. The lowest BCUT2D eigenvalue weighted by atomic mass is 10.1. The van der Waals surface area contributed by atoms with Crippen LogP contribution in [0.1, 0.15) is 39.0 Å². The fraction of sp³-hybridized carbons (Fsp3) is 0.933. The summed E-state index contributed by atoms with van der Waals surface area (Å²) < 4.78 is 0. The van der Waals surface area contributed by atoms with Crippen LogP contribution >= 0.6 is 35.7 Å². The van der Waals surface area contributed by atoms with Gasteiger partial charge >= 0.3 is 0 Å². The molecule has 0 aromatic heterocycles. The molecule has 1 heterocycles. The van der Waals surface area contributed by atoms with Crippen molar-refractivity contribution in [3.05, 3.63) is 0 Å². The van der Waals surface area contributed by atoms with Gasteiger partial charge in [0.2, 0.25) is 0 Å². The Bertz CT molecular complexity index is 258. The second-order valence-corrected chi connectivity index (χ2v) is 6.28. The highest BCUT2D eigenvalue weighted by atomic mass is 127. The Balaban J connectivity index is 0.00000400. The summed E-state index contributed by atoms with van der Waals surface area (Å²) >= 11 is 1.92. The molecule has 4 nitrogen and oxygen atoms in total. The van der Waals surface area contributed by atoms with Gasteiger partial charge in [-0.2, -0.15) is 11.8 Å². The summed E-state index contributed by atoms with van der Waals surface area (Å²) in [5.41, 5.74) is 0. The van der Waals surface area contributed by atoms with E-state index in [2.05, 4.69) is 33.7 Å². The molecular weight excluding hydrogens is 395 g/mol. The maximum atomic E-state index is 4.63. The van der Waals surface area contributed by atoms with Crippen molar-refractivity contribution in [1.82, 2.24) is 15.5 Å². The van der Waals surface area contributed by atoms with Crippen molar-refractivity contribution in [2.45, 2.75) is 39.0 Å². The number of halogens is 1. The average molecular weight is 428 g/mol. The molecule has 21 heavy (non-hydrogen) atoms. The van der Waals surface area contributed by atoms with Crippen molar-refractivity contribution in [3.63, 3.8) is 0 Å². The number of nitrogens with zero attached hydrogens (tertiary/aromatic N) is 2. The van der Waals surface area contributed by atoms with Crippen molar-refractivity contribution >= 4 is 41.7 Å². The molecule has 2 N–H and O–H groups in total. The smallest absolute Gasteiger partial charge is 0.191 e. The molecule has 0 unspecified atom stereocenters. The molecule has 1 fully saturated rings. The number of hydrogen-bond donors (Lipinski definition) is 2. The summed E-state index contributed by atoms with van der Waals surface area (Å²) in [6.07, 6.45) is 8.74. The number of rotatable bonds is 9. The third-order valence-electron chi connectivity index (χ3n) is 3.54. The molecule has 0 atom stereocenters. The second kappa shape index (κ2) is 15.2. The number of aliphatic imine (C=N–C) groups is 1. The number of unbranched alkanes of at least 4 members (excludes halogenated alkanes) is 1. The van der Waals surface area contributed by atoms with E-state index in [1.807, 2.05) is 11.8 Å². The van der Waals surface area contributed by atoms with Gasteiger partial charge in [-0.3, -0.25) is 4.99 Å². The maximum absolute atomic E-state index is 4.63. The van der Waals surface area contributed by atoms with Crippen molar-refractivity contribution in [3.8, 4) is 0 Å². The van der Waals surface area contributed by atoms with Crippen LogP contribution in [0.25, 0.3) is 0 Å². The number of hydrogen-bond acceptors (Lipinski definition) is 3. The van der Waals surface area contributed by atoms with Crippen LogP contribution in [0.15, 0.2) is 4.99 Å². The molecule has 0 aromatic rings. The van der Waals surface area contributed by atoms with E-state index in [9.17, 15) is 0 Å². The monoisotopic (exact) mass is 428 g/mol. The van der Waals surface area contributed by atoms with E-state index in [1.54, 1.807) is 0 Å². The fourth-order valence-corrected chi connectivity index (χ4v) is 2.90. The molecule has 0 bridgehead atoms. The SMILES string of the molecule is CCNC(=NCCCCSC)NCCN1CCCCC1.I. The van der Waals surface area contributed by atoms with Crippen LogP contribution in [0.3, 0.4) is 0 Å². The Hall–Kier alpha value is 0.310. The number of guanidine groups is 1. The molecule has 6 heteroatoms. The number of likely N-dealkylation sites (tertiary alicyclic amines) is 1. The van der Waals surface area contributed by atoms with Gasteiger partial charge < -0.3 is 15.5 Å². The zero-order valence-corrected chi connectivity index (χ0v) is 16.8. The van der Waals surface area contributed by atoms with Gasteiger partial charge in [-0.1, -0.05) is 6.42 Å². The van der Waals surface area contributed by atoms with E-state index < -0.39 is 0 Å². The van der Waals surface area contributed by atoms with Gasteiger partial charge in [-0.15, -0.1) is 24.0 Å². The number of thioether (sulfide) groups is 1. The highest BCUT2D eigenvalue weighted by Gasteiger charge is 2.09. The first-order valence-corrected chi connectivity index (χ1v) is 9.49. The van der Waals surface area contributed by atoms with Crippen molar-refractivity contribution in [2.24, 2.45) is 4.99 Å². The molecule has 1 aliphatic heterocycles. The predicted octanol–water partition coefficient (Wildman–Crippen LogP) is 2.79. The fourth-order valence-electron chi connectivity index (χ4n) is 2.41. The van der Waals surface area contributed by atoms with Crippen LogP contribution in [0.5, 0.6) is 0 Å². The highest BCUT2D eigenvalue weighted by Crippen LogP contribution is 2.07. The first kappa shape index (κ1) is 21.3. The molecule has 0 amide bonds. The van der Waals surface area contributed by atoms with Gasteiger partial charge in [0.15, 0.2) is 5.96 Å².